The third-order valence-electron chi connectivity index (χ3n) is 2.55. The molecule has 3 heteroatoms. The van der Waals surface area contributed by atoms with Gasteiger partial charge in [-0.25, -0.2) is 0 Å². The van der Waals surface area contributed by atoms with Crippen molar-refractivity contribution < 1.29 is 4.79 Å². The maximum Gasteiger partial charge on any atom is 0.220 e. The fourth-order valence-electron chi connectivity index (χ4n) is 1.70. The molecule has 0 aromatic rings. The fraction of sp³-hybridized carbons (Fsp3) is 0.900. The van der Waals surface area contributed by atoms with E-state index in [0.29, 0.717) is 6.42 Å². The second-order valence-electron chi connectivity index (χ2n) is 3.72. The van der Waals surface area contributed by atoms with Gasteiger partial charge in [-0.15, -0.1) is 11.6 Å². The Labute approximate surface area is 85.0 Å². The van der Waals surface area contributed by atoms with Gasteiger partial charge in [0, 0.05) is 12.5 Å². The molecule has 0 unspecified atom stereocenters. The van der Waals surface area contributed by atoms with Crippen molar-refractivity contribution in [2.75, 3.05) is 0 Å². The highest BCUT2D eigenvalue weighted by Crippen LogP contribution is 2.19. The first kappa shape index (κ1) is 10.8. The van der Waals surface area contributed by atoms with Crippen molar-refractivity contribution >= 4 is 17.5 Å². The molecule has 0 spiro atoms. The fourth-order valence-corrected chi connectivity index (χ4v) is 2.04. The molecule has 1 N–H and O–H groups in total. The number of halogens is 1. The smallest absolute Gasteiger partial charge is 0.220 e. The van der Waals surface area contributed by atoms with Gasteiger partial charge >= 0.3 is 0 Å². The van der Waals surface area contributed by atoms with E-state index < -0.39 is 0 Å². The van der Waals surface area contributed by atoms with Gasteiger partial charge < -0.3 is 5.32 Å². The van der Waals surface area contributed by atoms with Crippen LogP contribution in [0.15, 0.2) is 0 Å². The second-order valence-corrected chi connectivity index (χ2v) is 4.29. The first-order valence-corrected chi connectivity index (χ1v) is 5.61. The van der Waals surface area contributed by atoms with E-state index in [4.69, 9.17) is 11.6 Å². The van der Waals surface area contributed by atoms with Crippen LogP contribution in [-0.2, 0) is 4.79 Å². The quantitative estimate of drug-likeness (QED) is 0.540. The summed E-state index contributed by atoms with van der Waals surface area (Å²) in [5.74, 6) is 0.158. The lowest BCUT2D eigenvalue weighted by Gasteiger charge is -2.16. The van der Waals surface area contributed by atoms with Gasteiger partial charge in [-0.2, -0.15) is 0 Å². The Morgan fingerprint density at radius 1 is 1.62 bits per heavy atom. The molecule has 1 heterocycles. The van der Waals surface area contributed by atoms with Crippen molar-refractivity contribution in [3.8, 4) is 0 Å². The average Bonchev–Trinajstić information content (AvgIpc) is 2.52. The molecule has 1 fully saturated rings. The van der Waals surface area contributed by atoms with Gasteiger partial charge in [0.25, 0.3) is 0 Å². The van der Waals surface area contributed by atoms with Crippen LogP contribution in [0.1, 0.15) is 45.4 Å². The van der Waals surface area contributed by atoms with E-state index in [1.54, 1.807) is 0 Å². The summed E-state index contributed by atoms with van der Waals surface area (Å²) >= 11 is 6.17. The zero-order chi connectivity index (χ0) is 9.68. The molecule has 0 saturated carbocycles. The van der Waals surface area contributed by atoms with Crippen LogP contribution in [0.4, 0.5) is 0 Å². The number of alkyl halides is 1. The molecule has 13 heavy (non-hydrogen) atoms. The summed E-state index contributed by atoms with van der Waals surface area (Å²) in [6.45, 7) is 2.18. The minimum Gasteiger partial charge on any atom is -0.352 e. The largest absolute Gasteiger partial charge is 0.352 e. The Morgan fingerprint density at radius 3 is 2.92 bits per heavy atom. The minimum atomic E-state index is 0.137. The van der Waals surface area contributed by atoms with E-state index in [9.17, 15) is 4.79 Å². The lowest BCUT2D eigenvalue weighted by atomic mass is 10.1. The van der Waals surface area contributed by atoms with Gasteiger partial charge in [-0.1, -0.05) is 26.2 Å². The first-order valence-electron chi connectivity index (χ1n) is 5.17. The van der Waals surface area contributed by atoms with Crippen LogP contribution < -0.4 is 5.32 Å². The molecule has 76 valence electrons. The van der Waals surface area contributed by atoms with E-state index in [-0.39, 0.29) is 17.3 Å². The Morgan fingerprint density at radius 2 is 2.38 bits per heavy atom. The number of nitrogens with one attached hydrogen (secondary N) is 1. The number of rotatable bonds is 5. The van der Waals surface area contributed by atoms with Crippen LogP contribution in [0.5, 0.6) is 0 Å². The third kappa shape index (κ3) is 3.55. The molecule has 2 nitrogen and oxygen atoms in total. The number of hydrogen-bond acceptors (Lipinski definition) is 1. The number of carbonyl (C=O) groups excluding carboxylic acids is 1. The van der Waals surface area contributed by atoms with Gasteiger partial charge in [0.05, 0.1) is 5.38 Å². The van der Waals surface area contributed by atoms with E-state index >= 15 is 0 Å². The highest BCUT2D eigenvalue weighted by Gasteiger charge is 2.26. The molecular formula is C10H18ClNO. The molecule has 1 rings (SSSR count). The lowest BCUT2D eigenvalue weighted by molar-refractivity contribution is -0.119. The van der Waals surface area contributed by atoms with Crippen LogP contribution in [0, 0.1) is 0 Å². The summed E-state index contributed by atoms with van der Waals surface area (Å²) in [7, 11) is 0. The summed E-state index contributed by atoms with van der Waals surface area (Å²) < 4.78 is 0. The highest BCUT2D eigenvalue weighted by atomic mass is 35.5. The van der Waals surface area contributed by atoms with Crippen molar-refractivity contribution in [1.29, 1.82) is 0 Å². The molecule has 1 saturated heterocycles. The molecule has 1 amide bonds. The van der Waals surface area contributed by atoms with Gasteiger partial charge in [0.1, 0.15) is 0 Å². The van der Waals surface area contributed by atoms with Crippen LogP contribution >= 0.6 is 11.6 Å². The predicted molar refractivity (Wildman–Crippen MR) is 54.9 cm³/mol. The van der Waals surface area contributed by atoms with Crippen molar-refractivity contribution in [3.05, 3.63) is 0 Å². The lowest BCUT2D eigenvalue weighted by Crippen LogP contribution is -2.33. The summed E-state index contributed by atoms with van der Waals surface area (Å²) in [6, 6.07) is 0.228. The van der Waals surface area contributed by atoms with Gasteiger partial charge in [0.15, 0.2) is 0 Å². The van der Waals surface area contributed by atoms with Gasteiger partial charge in [-0.3, -0.25) is 4.79 Å². The van der Waals surface area contributed by atoms with Crippen molar-refractivity contribution in [2.24, 2.45) is 0 Å². The molecule has 1 aliphatic heterocycles. The standard InChI is InChI=1S/C10H18ClNO/c1-2-3-4-5-8(11)9-6-7-10(13)12-9/h8-9H,2-7H2,1H3,(H,12,13)/t8-,9+/m1/s1. The zero-order valence-electron chi connectivity index (χ0n) is 8.18. The van der Waals surface area contributed by atoms with Gasteiger partial charge in [0.2, 0.25) is 5.91 Å². The van der Waals surface area contributed by atoms with E-state index in [1.807, 2.05) is 0 Å². The average molecular weight is 204 g/mol. The Bertz CT molecular complexity index is 172. The first-order chi connectivity index (χ1) is 6.24. The van der Waals surface area contributed by atoms with Crippen LogP contribution in [0.25, 0.3) is 0 Å². The van der Waals surface area contributed by atoms with Crippen LogP contribution in [-0.4, -0.2) is 17.3 Å². The predicted octanol–water partition coefficient (Wildman–Crippen LogP) is 2.45. The Kier molecular flexibility index (Phi) is 4.57. The monoisotopic (exact) mass is 203 g/mol. The SMILES string of the molecule is CCCCC[C@@H](Cl)[C@@H]1CCC(=O)N1. The van der Waals surface area contributed by atoms with Crippen molar-refractivity contribution in [2.45, 2.75) is 56.9 Å². The molecule has 0 aromatic heterocycles. The van der Waals surface area contributed by atoms with E-state index in [1.165, 1.54) is 19.3 Å². The minimum absolute atomic E-state index is 0.137. The highest BCUT2D eigenvalue weighted by molar-refractivity contribution is 6.21. The van der Waals surface area contributed by atoms with Gasteiger partial charge in [-0.05, 0) is 12.8 Å². The number of unbranched alkanes of at least 4 members (excludes halogenated alkanes) is 2. The summed E-state index contributed by atoms with van der Waals surface area (Å²) in [4.78, 5) is 10.9. The second kappa shape index (κ2) is 5.48. The summed E-state index contributed by atoms with van der Waals surface area (Å²) in [5, 5.41) is 3.05. The zero-order valence-corrected chi connectivity index (χ0v) is 8.94. The number of carbonyl (C=O) groups is 1. The molecule has 0 bridgehead atoms. The molecule has 2 atom stereocenters. The van der Waals surface area contributed by atoms with Crippen LogP contribution in [0.3, 0.4) is 0 Å². The van der Waals surface area contributed by atoms with Crippen molar-refractivity contribution in [3.63, 3.8) is 0 Å². The third-order valence-corrected chi connectivity index (χ3v) is 3.07. The van der Waals surface area contributed by atoms with Crippen molar-refractivity contribution in [1.82, 2.24) is 5.32 Å². The maximum atomic E-state index is 10.9. The molecule has 1 aliphatic rings. The topological polar surface area (TPSA) is 29.1 Å². The Balaban J connectivity index is 2.15. The van der Waals surface area contributed by atoms with E-state index in [2.05, 4.69) is 12.2 Å². The molecule has 0 aromatic carbocycles. The molecule has 0 aliphatic carbocycles. The molecular weight excluding hydrogens is 186 g/mol. The normalized spacial score (nSPS) is 24.5. The summed E-state index contributed by atoms with van der Waals surface area (Å²) in [5.41, 5.74) is 0. The molecule has 0 radical (unpaired) electrons. The number of hydrogen-bond donors (Lipinski definition) is 1. The number of amides is 1. The maximum absolute atomic E-state index is 10.9. The van der Waals surface area contributed by atoms with E-state index in [0.717, 1.165) is 12.8 Å². The summed E-state index contributed by atoms with van der Waals surface area (Å²) in [6.07, 6.45) is 6.24. The Hall–Kier alpha value is -0.240. The van der Waals surface area contributed by atoms with Crippen LogP contribution in [0.2, 0.25) is 0 Å².